The van der Waals surface area contributed by atoms with Gasteiger partial charge in [-0.2, -0.15) is 5.26 Å². The first-order valence-corrected chi connectivity index (χ1v) is 9.09. The first kappa shape index (κ1) is 19.1. The predicted molar refractivity (Wildman–Crippen MR) is 110 cm³/mol. The van der Waals surface area contributed by atoms with Gasteiger partial charge in [0.25, 0.3) is 5.91 Å². The Labute approximate surface area is 165 Å². The standard InChI is InChI=1S/C23H22N4O/c1-16-13-20(18(3)27(16)22-11-7-8-12-25-22)14-21(15-24)23(28)26-17(2)19-9-5-4-6-10-19/h4-14,17H,1-3H3,(H,26,28)/b21-14-/t17-/m0/s1. The van der Waals surface area contributed by atoms with Crippen molar-refractivity contribution < 1.29 is 4.79 Å². The van der Waals surface area contributed by atoms with Crippen LogP contribution >= 0.6 is 0 Å². The van der Waals surface area contributed by atoms with Crippen LogP contribution in [-0.4, -0.2) is 15.5 Å². The van der Waals surface area contributed by atoms with Crippen LogP contribution in [0.1, 0.15) is 35.5 Å². The molecule has 140 valence electrons. The molecule has 28 heavy (non-hydrogen) atoms. The average Bonchev–Trinajstić information content (AvgIpc) is 3.00. The van der Waals surface area contributed by atoms with Crippen LogP contribution < -0.4 is 5.32 Å². The zero-order chi connectivity index (χ0) is 20.1. The van der Waals surface area contributed by atoms with E-state index in [-0.39, 0.29) is 17.5 Å². The molecule has 1 N–H and O–H groups in total. The molecular formula is C23H22N4O. The van der Waals surface area contributed by atoms with Crippen molar-refractivity contribution in [3.8, 4) is 11.9 Å². The molecule has 1 atom stereocenters. The van der Waals surface area contributed by atoms with Crippen molar-refractivity contribution >= 4 is 12.0 Å². The number of hydrogen-bond acceptors (Lipinski definition) is 3. The lowest BCUT2D eigenvalue weighted by molar-refractivity contribution is -0.117. The fourth-order valence-corrected chi connectivity index (χ4v) is 3.18. The largest absolute Gasteiger partial charge is 0.345 e. The van der Waals surface area contributed by atoms with Gasteiger partial charge in [-0.3, -0.25) is 4.79 Å². The molecule has 0 saturated heterocycles. The number of carbonyl (C=O) groups excluding carboxylic acids is 1. The van der Waals surface area contributed by atoms with Gasteiger partial charge in [-0.25, -0.2) is 4.98 Å². The first-order valence-electron chi connectivity index (χ1n) is 9.09. The van der Waals surface area contributed by atoms with Crippen LogP contribution in [0.4, 0.5) is 0 Å². The summed E-state index contributed by atoms with van der Waals surface area (Å²) in [5, 5.41) is 12.4. The van der Waals surface area contributed by atoms with Crippen molar-refractivity contribution in [1.29, 1.82) is 5.26 Å². The van der Waals surface area contributed by atoms with E-state index in [1.807, 2.05) is 86.0 Å². The van der Waals surface area contributed by atoms with Gasteiger partial charge in [0.1, 0.15) is 17.5 Å². The maximum absolute atomic E-state index is 12.6. The van der Waals surface area contributed by atoms with E-state index in [1.54, 1.807) is 12.3 Å². The van der Waals surface area contributed by atoms with Crippen LogP contribution in [0.15, 0.2) is 66.4 Å². The van der Waals surface area contributed by atoms with Gasteiger partial charge in [0.15, 0.2) is 0 Å². The van der Waals surface area contributed by atoms with Gasteiger partial charge in [0, 0.05) is 17.6 Å². The van der Waals surface area contributed by atoms with E-state index in [4.69, 9.17) is 0 Å². The minimum absolute atomic E-state index is 0.0732. The van der Waals surface area contributed by atoms with Gasteiger partial charge in [0.2, 0.25) is 0 Å². The van der Waals surface area contributed by atoms with E-state index >= 15 is 0 Å². The fourth-order valence-electron chi connectivity index (χ4n) is 3.18. The minimum Gasteiger partial charge on any atom is -0.345 e. The van der Waals surface area contributed by atoms with Gasteiger partial charge < -0.3 is 9.88 Å². The highest BCUT2D eigenvalue weighted by Gasteiger charge is 2.16. The van der Waals surface area contributed by atoms with Crippen molar-refractivity contribution in [3.05, 3.63) is 88.9 Å². The number of amides is 1. The molecule has 0 bridgehead atoms. The van der Waals surface area contributed by atoms with Crippen LogP contribution in [0.3, 0.4) is 0 Å². The van der Waals surface area contributed by atoms with Crippen LogP contribution in [0, 0.1) is 25.2 Å². The number of pyridine rings is 1. The lowest BCUT2D eigenvalue weighted by Crippen LogP contribution is -2.27. The monoisotopic (exact) mass is 370 g/mol. The number of aryl methyl sites for hydroxylation is 1. The highest BCUT2D eigenvalue weighted by Crippen LogP contribution is 2.22. The van der Waals surface area contributed by atoms with Crippen molar-refractivity contribution in [2.45, 2.75) is 26.8 Å². The van der Waals surface area contributed by atoms with Crippen LogP contribution in [0.25, 0.3) is 11.9 Å². The van der Waals surface area contributed by atoms with Gasteiger partial charge in [0.05, 0.1) is 6.04 Å². The molecule has 2 heterocycles. The molecule has 0 aliphatic carbocycles. The number of nitriles is 1. The molecule has 2 aromatic heterocycles. The van der Waals surface area contributed by atoms with E-state index in [2.05, 4.69) is 10.3 Å². The molecule has 5 nitrogen and oxygen atoms in total. The first-order chi connectivity index (χ1) is 13.5. The maximum Gasteiger partial charge on any atom is 0.262 e. The summed E-state index contributed by atoms with van der Waals surface area (Å²) in [6.45, 7) is 5.82. The molecule has 3 rings (SSSR count). The molecule has 0 unspecified atom stereocenters. The van der Waals surface area contributed by atoms with Gasteiger partial charge in [-0.05, 0) is 56.2 Å². The molecule has 0 spiro atoms. The van der Waals surface area contributed by atoms with Gasteiger partial charge in [-0.1, -0.05) is 36.4 Å². The number of rotatable bonds is 5. The lowest BCUT2D eigenvalue weighted by atomic mass is 10.1. The van der Waals surface area contributed by atoms with Crippen LogP contribution in [-0.2, 0) is 4.79 Å². The Morgan fingerprint density at radius 3 is 2.54 bits per heavy atom. The summed E-state index contributed by atoms with van der Waals surface area (Å²) < 4.78 is 2.01. The molecule has 0 aliphatic heterocycles. The number of nitrogens with one attached hydrogen (secondary N) is 1. The molecule has 1 aromatic carbocycles. The van der Waals surface area contributed by atoms with E-state index in [9.17, 15) is 10.1 Å². The molecule has 0 aliphatic rings. The SMILES string of the molecule is Cc1cc(/C=C(/C#N)C(=O)N[C@@H](C)c2ccccc2)c(C)n1-c1ccccn1. The topological polar surface area (TPSA) is 70.7 Å². The molecule has 0 saturated carbocycles. The third-order valence-corrected chi connectivity index (χ3v) is 4.66. The number of hydrogen-bond donors (Lipinski definition) is 1. The molecule has 5 heteroatoms. The fraction of sp³-hybridized carbons (Fsp3) is 0.174. The third kappa shape index (κ3) is 4.02. The van der Waals surface area contributed by atoms with Gasteiger partial charge in [-0.15, -0.1) is 0 Å². The molecule has 1 amide bonds. The quantitative estimate of drug-likeness (QED) is 0.538. The van der Waals surface area contributed by atoms with Crippen LogP contribution in [0.5, 0.6) is 0 Å². The maximum atomic E-state index is 12.6. The average molecular weight is 370 g/mol. The summed E-state index contributed by atoms with van der Waals surface area (Å²) in [6.07, 6.45) is 3.37. The highest BCUT2D eigenvalue weighted by atomic mass is 16.1. The zero-order valence-electron chi connectivity index (χ0n) is 16.2. The van der Waals surface area contributed by atoms with Gasteiger partial charge >= 0.3 is 0 Å². The second-order valence-electron chi connectivity index (χ2n) is 6.63. The summed E-state index contributed by atoms with van der Waals surface area (Å²) in [4.78, 5) is 17.0. The second kappa shape index (κ2) is 8.36. The summed E-state index contributed by atoms with van der Waals surface area (Å²) in [5.74, 6) is 0.416. The van der Waals surface area contributed by atoms with Crippen LogP contribution in [0.2, 0.25) is 0 Å². The number of benzene rings is 1. The summed E-state index contributed by atoms with van der Waals surface area (Å²) in [6, 6.07) is 19.2. The highest BCUT2D eigenvalue weighted by molar-refractivity contribution is 6.02. The minimum atomic E-state index is -0.388. The Morgan fingerprint density at radius 1 is 1.18 bits per heavy atom. The van der Waals surface area contributed by atoms with Crippen molar-refractivity contribution in [2.24, 2.45) is 0 Å². The van der Waals surface area contributed by atoms with E-state index in [1.165, 1.54) is 0 Å². The number of aromatic nitrogens is 2. The second-order valence-corrected chi connectivity index (χ2v) is 6.63. The van der Waals surface area contributed by atoms with Crippen molar-refractivity contribution in [1.82, 2.24) is 14.9 Å². The Bertz CT molecular complexity index is 1040. The third-order valence-electron chi connectivity index (χ3n) is 4.66. The molecular weight excluding hydrogens is 348 g/mol. The summed E-state index contributed by atoms with van der Waals surface area (Å²) >= 11 is 0. The smallest absolute Gasteiger partial charge is 0.262 e. The Balaban J connectivity index is 1.87. The van der Waals surface area contributed by atoms with Crippen molar-refractivity contribution in [3.63, 3.8) is 0 Å². The Hall–Kier alpha value is -3.65. The summed E-state index contributed by atoms with van der Waals surface area (Å²) in [5.41, 5.74) is 3.79. The molecule has 0 radical (unpaired) electrons. The predicted octanol–water partition coefficient (Wildman–Crippen LogP) is 4.27. The number of carbonyl (C=O) groups is 1. The lowest BCUT2D eigenvalue weighted by Gasteiger charge is -2.13. The number of nitrogens with zero attached hydrogens (tertiary/aromatic N) is 3. The van der Waals surface area contributed by atoms with E-state index in [0.717, 1.165) is 28.3 Å². The van der Waals surface area contributed by atoms with E-state index in [0.29, 0.717) is 0 Å². The Morgan fingerprint density at radius 2 is 1.89 bits per heavy atom. The molecule has 0 fully saturated rings. The normalized spacial score (nSPS) is 12.3. The van der Waals surface area contributed by atoms with E-state index < -0.39 is 0 Å². The van der Waals surface area contributed by atoms with Crippen molar-refractivity contribution in [2.75, 3.05) is 0 Å². The molecule has 3 aromatic rings. The summed E-state index contributed by atoms with van der Waals surface area (Å²) in [7, 11) is 0. The zero-order valence-corrected chi connectivity index (χ0v) is 16.2. The Kier molecular flexibility index (Phi) is 5.71.